The summed E-state index contributed by atoms with van der Waals surface area (Å²) in [6.45, 7) is 1.93. The first kappa shape index (κ1) is 18.7. The van der Waals surface area contributed by atoms with Gasteiger partial charge in [-0.2, -0.15) is 0 Å². The van der Waals surface area contributed by atoms with Crippen LogP contribution < -0.4 is 9.64 Å². The van der Waals surface area contributed by atoms with Crippen LogP contribution in [0, 0.1) is 11.6 Å². The smallest absolute Gasteiger partial charge is 0.150 e. The Kier molecular flexibility index (Phi) is 5.09. The predicted octanol–water partition coefficient (Wildman–Crippen LogP) is 4.30. The maximum absolute atomic E-state index is 14.4. The number of piperidine rings is 1. The molecule has 7 heteroatoms. The molecule has 0 bridgehead atoms. The number of anilines is 1. The van der Waals surface area contributed by atoms with E-state index >= 15 is 0 Å². The number of methoxy groups -OCH3 is 1. The SMILES string of the molecule is COc1ccc(CO[C@H]2CN(c3c(F)cc(Br)cc3F)CC[C@@]23CO3)cc1. The molecule has 2 heterocycles. The number of rotatable bonds is 5. The van der Waals surface area contributed by atoms with E-state index in [1.54, 1.807) is 12.0 Å². The summed E-state index contributed by atoms with van der Waals surface area (Å²) < 4.78 is 46.0. The second kappa shape index (κ2) is 7.37. The Labute approximate surface area is 165 Å². The highest BCUT2D eigenvalue weighted by Gasteiger charge is 2.55. The van der Waals surface area contributed by atoms with Gasteiger partial charge in [-0.05, 0) is 36.2 Å². The molecule has 0 saturated carbocycles. The van der Waals surface area contributed by atoms with Crippen molar-refractivity contribution in [3.8, 4) is 5.75 Å². The van der Waals surface area contributed by atoms with Gasteiger partial charge in [0, 0.05) is 17.6 Å². The molecule has 0 N–H and O–H groups in total. The van der Waals surface area contributed by atoms with Crippen LogP contribution >= 0.6 is 15.9 Å². The van der Waals surface area contributed by atoms with Crippen molar-refractivity contribution in [2.45, 2.75) is 24.7 Å². The monoisotopic (exact) mass is 439 g/mol. The summed E-state index contributed by atoms with van der Waals surface area (Å²) >= 11 is 3.12. The Hall–Kier alpha value is -1.70. The molecule has 2 aliphatic rings. The van der Waals surface area contributed by atoms with Gasteiger partial charge in [0.2, 0.25) is 0 Å². The van der Waals surface area contributed by atoms with Gasteiger partial charge in [0.25, 0.3) is 0 Å². The molecular weight excluding hydrogens is 420 g/mol. The summed E-state index contributed by atoms with van der Waals surface area (Å²) in [6, 6.07) is 10.2. The van der Waals surface area contributed by atoms with E-state index in [1.807, 2.05) is 24.3 Å². The van der Waals surface area contributed by atoms with Crippen LogP contribution in [0.4, 0.5) is 14.5 Å². The van der Waals surface area contributed by atoms with Gasteiger partial charge in [0.15, 0.2) is 11.6 Å². The first-order valence-electron chi connectivity index (χ1n) is 8.79. The van der Waals surface area contributed by atoms with Gasteiger partial charge in [-0.1, -0.05) is 28.1 Å². The number of ether oxygens (including phenoxy) is 3. The Morgan fingerprint density at radius 1 is 1.22 bits per heavy atom. The quantitative estimate of drug-likeness (QED) is 0.650. The molecule has 0 aliphatic carbocycles. The standard InChI is InChI=1S/C20H20BrF2NO3/c1-25-15-4-2-13(3-5-15)11-26-18-10-24(7-6-20(18)12-27-20)19-16(22)8-14(21)9-17(19)23/h2-5,8-9,18H,6-7,10-12H2,1H3/t18-,20+/m0/s1. The first-order chi connectivity index (χ1) is 13.0. The van der Waals surface area contributed by atoms with Crippen molar-refractivity contribution >= 4 is 21.6 Å². The molecule has 0 unspecified atom stereocenters. The van der Waals surface area contributed by atoms with Gasteiger partial charge in [0.1, 0.15) is 23.1 Å². The number of halogens is 3. The van der Waals surface area contributed by atoms with Crippen LogP contribution in [0.3, 0.4) is 0 Å². The van der Waals surface area contributed by atoms with E-state index in [-0.39, 0.29) is 17.4 Å². The molecule has 0 amide bonds. The zero-order chi connectivity index (χ0) is 19.0. The van der Waals surface area contributed by atoms with E-state index in [9.17, 15) is 8.78 Å². The average Bonchev–Trinajstić information content (AvgIpc) is 3.42. The molecule has 2 aliphatic heterocycles. The van der Waals surface area contributed by atoms with E-state index in [4.69, 9.17) is 14.2 Å². The molecule has 4 nitrogen and oxygen atoms in total. The Balaban J connectivity index is 1.48. The van der Waals surface area contributed by atoms with Gasteiger partial charge in [-0.15, -0.1) is 0 Å². The van der Waals surface area contributed by atoms with E-state index in [0.717, 1.165) is 11.3 Å². The zero-order valence-corrected chi connectivity index (χ0v) is 16.5. The molecule has 2 atom stereocenters. The minimum Gasteiger partial charge on any atom is -0.497 e. The fourth-order valence-corrected chi connectivity index (χ4v) is 3.93. The van der Waals surface area contributed by atoms with Gasteiger partial charge < -0.3 is 19.1 Å². The third-order valence-electron chi connectivity index (χ3n) is 5.20. The summed E-state index contributed by atoms with van der Waals surface area (Å²) in [5.41, 5.74) is 0.669. The maximum atomic E-state index is 14.4. The van der Waals surface area contributed by atoms with Crippen molar-refractivity contribution in [3.05, 3.63) is 58.1 Å². The molecule has 2 aromatic carbocycles. The Morgan fingerprint density at radius 2 is 1.89 bits per heavy atom. The molecule has 0 aromatic heterocycles. The highest BCUT2D eigenvalue weighted by molar-refractivity contribution is 9.10. The highest BCUT2D eigenvalue weighted by Crippen LogP contribution is 2.42. The molecular formula is C20H20BrF2NO3. The van der Waals surface area contributed by atoms with Crippen molar-refractivity contribution in [2.75, 3.05) is 31.7 Å². The van der Waals surface area contributed by atoms with Crippen molar-refractivity contribution in [1.29, 1.82) is 0 Å². The van der Waals surface area contributed by atoms with Crippen LogP contribution in [-0.2, 0) is 16.1 Å². The molecule has 4 rings (SSSR count). The van der Waals surface area contributed by atoms with Crippen molar-refractivity contribution in [2.24, 2.45) is 0 Å². The molecule has 2 aromatic rings. The predicted molar refractivity (Wildman–Crippen MR) is 101 cm³/mol. The molecule has 2 fully saturated rings. The fourth-order valence-electron chi connectivity index (χ4n) is 3.53. The van der Waals surface area contributed by atoms with Crippen LogP contribution in [0.2, 0.25) is 0 Å². The number of hydrogen-bond acceptors (Lipinski definition) is 4. The summed E-state index contributed by atoms with van der Waals surface area (Å²) in [5, 5.41) is 0. The van der Waals surface area contributed by atoms with Crippen molar-refractivity contribution < 1.29 is 23.0 Å². The van der Waals surface area contributed by atoms with Crippen LogP contribution in [0.15, 0.2) is 40.9 Å². The lowest BCUT2D eigenvalue weighted by molar-refractivity contribution is -0.0213. The Morgan fingerprint density at radius 3 is 2.48 bits per heavy atom. The van der Waals surface area contributed by atoms with Gasteiger partial charge in [-0.25, -0.2) is 8.78 Å². The molecule has 144 valence electrons. The number of hydrogen-bond donors (Lipinski definition) is 0. The lowest BCUT2D eigenvalue weighted by Crippen LogP contribution is -2.50. The van der Waals surface area contributed by atoms with Crippen LogP contribution in [-0.4, -0.2) is 38.5 Å². The van der Waals surface area contributed by atoms with Crippen LogP contribution in [0.1, 0.15) is 12.0 Å². The van der Waals surface area contributed by atoms with Gasteiger partial charge in [-0.3, -0.25) is 0 Å². The van der Waals surface area contributed by atoms with Crippen LogP contribution in [0.5, 0.6) is 5.75 Å². The van der Waals surface area contributed by atoms with E-state index < -0.39 is 11.6 Å². The molecule has 2 saturated heterocycles. The Bertz CT molecular complexity index is 803. The first-order valence-corrected chi connectivity index (χ1v) is 9.58. The molecule has 0 radical (unpaired) electrons. The fraction of sp³-hybridized carbons (Fsp3) is 0.400. The minimum atomic E-state index is -0.580. The lowest BCUT2D eigenvalue weighted by atomic mass is 9.93. The van der Waals surface area contributed by atoms with E-state index in [0.29, 0.717) is 37.2 Å². The highest BCUT2D eigenvalue weighted by atomic mass is 79.9. The number of epoxide rings is 1. The lowest BCUT2D eigenvalue weighted by Gasteiger charge is -2.38. The molecule has 27 heavy (non-hydrogen) atoms. The summed E-state index contributed by atoms with van der Waals surface area (Å²) in [5.74, 6) is -0.377. The van der Waals surface area contributed by atoms with Crippen LogP contribution in [0.25, 0.3) is 0 Å². The van der Waals surface area contributed by atoms with Gasteiger partial charge >= 0.3 is 0 Å². The second-order valence-electron chi connectivity index (χ2n) is 6.92. The topological polar surface area (TPSA) is 34.2 Å². The maximum Gasteiger partial charge on any atom is 0.150 e. The summed E-state index contributed by atoms with van der Waals surface area (Å²) in [4.78, 5) is 1.71. The third kappa shape index (κ3) is 3.81. The molecule has 1 spiro atoms. The largest absolute Gasteiger partial charge is 0.497 e. The summed E-state index contributed by atoms with van der Waals surface area (Å²) in [6.07, 6.45) is 0.422. The van der Waals surface area contributed by atoms with E-state index in [1.165, 1.54) is 12.1 Å². The number of benzene rings is 2. The number of nitrogens with zero attached hydrogens (tertiary/aromatic N) is 1. The normalized spacial score (nSPS) is 24.3. The van der Waals surface area contributed by atoms with Gasteiger partial charge in [0.05, 0.1) is 20.3 Å². The second-order valence-corrected chi connectivity index (χ2v) is 7.83. The van der Waals surface area contributed by atoms with E-state index in [2.05, 4.69) is 15.9 Å². The summed E-state index contributed by atoms with van der Waals surface area (Å²) in [7, 11) is 1.62. The minimum absolute atomic E-state index is 0.00764. The zero-order valence-electron chi connectivity index (χ0n) is 14.9. The average molecular weight is 440 g/mol. The van der Waals surface area contributed by atoms with Crippen molar-refractivity contribution in [3.63, 3.8) is 0 Å². The van der Waals surface area contributed by atoms with Crippen molar-refractivity contribution in [1.82, 2.24) is 0 Å². The third-order valence-corrected chi connectivity index (χ3v) is 5.66.